The molecule has 7 heteroatoms. The van der Waals surface area contributed by atoms with Crippen LogP contribution in [0.25, 0.3) is 5.65 Å². The molecule has 0 unspecified atom stereocenters. The molecule has 0 bridgehead atoms. The smallest absolute Gasteiger partial charge is 0.234 e. The second-order valence-electron chi connectivity index (χ2n) is 4.89. The van der Waals surface area contributed by atoms with E-state index in [1.54, 1.807) is 24.3 Å². The van der Waals surface area contributed by atoms with Gasteiger partial charge in [0.1, 0.15) is 0 Å². The number of aromatic nitrogens is 3. The average molecular weight is 326 g/mol. The highest BCUT2D eigenvalue weighted by atomic mass is 32.2. The lowest BCUT2D eigenvalue weighted by Gasteiger charge is -2.05. The fourth-order valence-electron chi connectivity index (χ4n) is 2.06. The van der Waals surface area contributed by atoms with E-state index in [1.165, 1.54) is 18.7 Å². The molecule has 0 saturated heterocycles. The third-order valence-electron chi connectivity index (χ3n) is 3.17. The van der Waals surface area contributed by atoms with E-state index in [-0.39, 0.29) is 17.4 Å². The number of Topliss-reactive ketones (excluding diaryl/α,β-unsaturated/α-hetero) is 1. The number of carbonyl (C=O) groups is 2. The fraction of sp³-hybridized carbons (Fsp3) is 0.125. The number of amides is 1. The molecule has 0 atom stereocenters. The van der Waals surface area contributed by atoms with Crippen molar-refractivity contribution in [1.82, 2.24) is 14.6 Å². The quantitative estimate of drug-likeness (QED) is 0.576. The first-order chi connectivity index (χ1) is 11.1. The lowest BCUT2D eigenvalue weighted by atomic mass is 10.1. The number of hydrogen-bond acceptors (Lipinski definition) is 5. The van der Waals surface area contributed by atoms with E-state index < -0.39 is 0 Å². The number of nitrogens with one attached hydrogen (secondary N) is 1. The van der Waals surface area contributed by atoms with Gasteiger partial charge in [0.2, 0.25) is 5.91 Å². The number of benzene rings is 1. The van der Waals surface area contributed by atoms with Crippen LogP contribution in [0.2, 0.25) is 0 Å². The molecule has 0 aliphatic heterocycles. The standard InChI is InChI=1S/C16H14N4O2S/c1-11(21)12-5-4-6-13(9-12)17-15(22)10-23-16-19-18-14-7-2-3-8-20(14)16/h2-9H,10H2,1H3,(H,17,22). The number of ketones is 1. The van der Waals surface area contributed by atoms with Crippen molar-refractivity contribution >= 4 is 34.8 Å². The van der Waals surface area contributed by atoms with Crippen molar-refractivity contribution in [3.8, 4) is 0 Å². The monoisotopic (exact) mass is 326 g/mol. The molecule has 1 aromatic carbocycles. The normalized spacial score (nSPS) is 10.7. The largest absolute Gasteiger partial charge is 0.325 e. The SMILES string of the molecule is CC(=O)c1cccc(NC(=O)CSc2nnc3ccccn23)c1. The van der Waals surface area contributed by atoms with Crippen LogP contribution in [-0.4, -0.2) is 32.0 Å². The number of nitrogens with zero attached hydrogens (tertiary/aromatic N) is 3. The molecule has 23 heavy (non-hydrogen) atoms. The van der Waals surface area contributed by atoms with Crippen molar-refractivity contribution in [2.75, 3.05) is 11.1 Å². The van der Waals surface area contributed by atoms with Crippen LogP contribution in [0.3, 0.4) is 0 Å². The van der Waals surface area contributed by atoms with Crippen LogP contribution in [0.4, 0.5) is 5.69 Å². The van der Waals surface area contributed by atoms with E-state index in [1.807, 2.05) is 28.8 Å². The summed E-state index contributed by atoms with van der Waals surface area (Å²) in [6.07, 6.45) is 1.85. The molecule has 6 nitrogen and oxygen atoms in total. The molecule has 3 aromatic rings. The first kappa shape index (κ1) is 15.2. The van der Waals surface area contributed by atoms with Crippen molar-refractivity contribution in [3.63, 3.8) is 0 Å². The van der Waals surface area contributed by atoms with E-state index in [9.17, 15) is 9.59 Å². The summed E-state index contributed by atoms with van der Waals surface area (Å²) in [6, 6.07) is 12.5. The van der Waals surface area contributed by atoms with Crippen molar-refractivity contribution in [2.45, 2.75) is 12.1 Å². The zero-order chi connectivity index (χ0) is 16.2. The van der Waals surface area contributed by atoms with Gasteiger partial charge in [0, 0.05) is 17.4 Å². The lowest BCUT2D eigenvalue weighted by molar-refractivity contribution is -0.113. The van der Waals surface area contributed by atoms with E-state index in [2.05, 4.69) is 15.5 Å². The van der Waals surface area contributed by atoms with Crippen LogP contribution in [0.15, 0.2) is 53.8 Å². The Morgan fingerprint density at radius 3 is 2.87 bits per heavy atom. The molecule has 1 amide bonds. The Morgan fingerprint density at radius 1 is 1.17 bits per heavy atom. The molecular weight excluding hydrogens is 312 g/mol. The van der Waals surface area contributed by atoms with Gasteiger partial charge in [0.15, 0.2) is 16.6 Å². The Bertz CT molecular complexity index is 875. The second kappa shape index (κ2) is 6.62. The minimum Gasteiger partial charge on any atom is -0.325 e. The van der Waals surface area contributed by atoms with Gasteiger partial charge in [0.05, 0.1) is 5.75 Å². The topological polar surface area (TPSA) is 76.4 Å². The van der Waals surface area contributed by atoms with Gasteiger partial charge >= 0.3 is 0 Å². The van der Waals surface area contributed by atoms with Crippen LogP contribution in [0, 0.1) is 0 Å². The molecule has 116 valence electrons. The highest BCUT2D eigenvalue weighted by Gasteiger charge is 2.09. The molecule has 0 radical (unpaired) electrons. The minimum absolute atomic E-state index is 0.0367. The maximum atomic E-state index is 12.1. The zero-order valence-corrected chi connectivity index (χ0v) is 13.2. The molecule has 0 aliphatic carbocycles. The van der Waals surface area contributed by atoms with Crippen molar-refractivity contribution in [1.29, 1.82) is 0 Å². The van der Waals surface area contributed by atoms with Crippen molar-refractivity contribution < 1.29 is 9.59 Å². The maximum Gasteiger partial charge on any atom is 0.234 e. The van der Waals surface area contributed by atoms with Crippen LogP contribution < -0.4 is 5.32 Å². The first-order valence-electron chi connectivity index (χ1n) is 6.97. The van der Waals surface area contributed by atoms with E-state index in [4.69, 9.17) is 0 Å². The highest BCUT2D eigenvalue weighted by Crippen LogP contribution is 2.17. The Morgan fingerprint density at radius 2 is 2.04 bits per heavy atom. The molecule has 2 heterocycles. The van der Waals surface area contributed by atoms with Gasteiger partial charge in [-0.1, -0.05) is 30.0 Å². The fourth-order valence-corrected chi connectivity index (χ4v) is 2.79. The van der Waals surface area contributed by atoms with Gasteiger partial charge in [-0.25, -0.2) is 0 Å². The third kappa shape index (κ3) is 3.57. The Balaban J connectivity index is 1.64. The van der Waals surface area contributed by atoms with Gasteiger partial charge in [-0.2, -0.15) is 0 Å². The first-order valence-corrected chi connectivity index (χ1v) is 7.95. The number of pyridine rings is 1. The summed E-state index contributed by atoms with van der Waals surface area (Å²) in [5, 5.41) is 11.5. The summed E-state index contributed by atoms with van der Waals surface area (Å²) in [5.41, 5.74) is 1.91. The van der Waals surface area contributed by atoms with Gasteiger partial charge in [0.25, 0.3) is 0 Å². The predicted molar refractivity (Wildman–Crippen MR) is 88.8 cm³/mol. The van der Waals surface area contributed by atoms with Gasteiger partial charge in [-0.3, -0.25) is 14.0 Å². The van der Waals surface area contributed by atoms with E-state index in [0.29, 0.717) is 16.4 Å². The van der Waals surface area contributed by atoms with Gasteiger partial charge in [-0.05, 0) is 31.2 Å². The van der Waals surface area contributed by atoms with E-state index in [0.717, 1.165) is 5.65 Å². The molecule has 3 rings (SSSR count). The van der Waals surface area contributed by atoms with Crippen LogP contribution in [0.1, 0.15) is 17.3 Å². The van der Waals surface area contributed by atoms with Gasteiger partial charge < -0.3 is 5.32 Å². The summed E-state index contributed by atoms with van der Waals surface area (Å²) in [4.78, 5) is 23.4. The summed E-state index contributed by atoms with van der Waals surface area (Å²) >= 11 is 1.30. The molecule has 2 aromatic heterocycles. The summed E-state index contributed by atoms with van der Waals surface area (Å²) < 4.78 is 1.83. The summed E-state index contributed by atoms with van der Waals surface area (Å²) in [5.74, 6) is 0.00812. The Hall–Kier alpha value is -2.67. The predicted octanol–water partition coefficient (Wildman–Crippen LogP) is 2.66. The van der Waals surface area contributed by atoms with E-state index >= 15 is 0 Å². The van der Waals surface area contributed by atoms with Crippen molar-refractivity contribution in [2.24, 2.45) is 0 Å². The summed E-state index contributed by atoms with van der Waals surface area (Å²) in [7, 11) is 0. The molecule has 0 spiro atoms. The Labute approximate surface area is 136 Å². The van der Waals surface area contributed by atoms with Gasteiger partial charge in [-0.15, -0.1) is 10.2 Å². The molecular formula is C16H14N4O2S. The number of carbonyl (C=O) groups excluding carboxylic acids is 2. The number of rotatable bonds is 5. The number of fused-ring (bicyclic) bond motifs is 1. The van der Waals surface area contributed by atoms with Crippen molar-refractivity contribution in [3.05, 3.63) is 54.2 Å². The third-order valence-corrected chi connectivity index (χ3v) is 4.11. The molecule has 0 fully saturated rings. The summed E-state index contributed by atoms with van der Waals surface area (Å²) in [6.45, 7) is 1.49. The van der Waals surface area contributed by atoms with Crippen LogP contribution in [-0.2, 0) is 4.79 Å². The van der Waals surface area contributed by atoms with Crippen LogP contribution >= 0.6 is 11.8 Å². The highest BCUT2D eigenvalue weighted by molar-refractivity contribution is 7.99. The Kier molecular flexibility index (Phi) is 4.38. The molecule has 1 N–H and O–H groups in total. The number of thioether (sulfide) groups is 1. The average Bonchev–Trinajstić information content (AvgIpc) is 2.96. The maximum absolute atomic E-state index is 12.1. The second-order valence-corrected chi connectivity index (χ2v) is 5.83. The minimum atomic E-state index is -0.164. The van der Waals surface area contributed by atoms with Crippen LogP contribution in [0.5, 0.6) is 0 Å². The molecule has 0 saturated carbocycles. The lowest BCUT2D eigenvalue weighted by Crippen LogP contribution is -2.14. The number of anilines is 1. The number of hydrogen-bond donors (Lipinski definition) is 1. The molecule has 0 aliphatic rings. The zero-order valence-electron chi connectivity index (χ0n) is 12.4.